The lowest BCUT2D eigenvalue weighted by molar-refractivity contribution is -0.384. The predicted octanol–water partition coefficient (Wildman–Crippen LogP) is 4.02. The molecule has 0 aliphatic carbocycles. The van der Waals surface area contributed by atoms with Crippen molar-refractivity contribution >= 4 is 16.7 Å². The van der Waals surface area contributed by atoms with Crippen molar-refractivity contribution in [1.29, 1.82) is 0 Å². The zero-order valence-electron chi connectivity index (χ0n) is 10.7. The molecule has 0 aliphatic heterocycles. The lowest BCUT2D eigenvalue weighted by Gasteiger charge is -1.97. The number of benzene rings is 2. The van der Waals surface area contributed by atoms with Crippen molar-refractivity contribution in [3.05, 3.63) is 58.1 Å². The van der Waals surface area contributed by atoms with Crippen molar-refractivity contribution in [1.82, 2.24) is 0 Å². The Bertz CT molecular complexity index is 806. The van der Waals surface area contributed by atoms with Crippen LogP contribution in [0.2, 0.25) is 0 Å². The number of aromatic hydroxyl groups is 1. The van der Waals surface area contributed by atoms with Gasteiger partial charge in [0.15, 0.2) is 0 Å². The number of aryl methyl sites for hydroxylation is 1. The number of nitro groups is 1. The van der Waals surface area contributed by atoms with Crippen LogP contribution in [0.25, 0.3) is 22.3 Å². The monoisotopic (exact) mass is 269 g/mol. The molecule has 0 saturated heterocycles. The van der Waals surface area contributed by atoms with Crippen molar-refractivity contribution in [2.24, 2.45) is 0 Å². The largest absolute Gasteiger partial charge is 0.507 e. The minimum Gasteiger partial charge on any atom is -0.507 e. The number of non-ortho nitro benzene ring substituents is 1. The van der Waals surface area contributed by atoms with Gasteiger partial charge in [-0.25, -0.2) is 0 Å². The summed E-state index contributed by atoms with van der Waals surface area (Å²) < 4.78 is 5.69. The SMILES string of the molecule is Cc1c(-c2ccccc2)oc2cc([N+](=O)[O-])cc(O)c12. The van der Waals surface area contributed by atoms with Crippen molar-refractivity contribution in [3.63, 3.8) is 0 Å². The Morgan fingerprint density at radius 2 is 1.90 bits per heavy atom. The van der Waals surface area contributed by atoms with E-state index in [0.29, 0.717) is 16.7 Å². The van der Waals surface area contributed by atoms with Crippen LogP contribution in [0.1, 0.15) is 5.56 Å². The van der Waals surface area contributed by atoms with E-state index in [2.05, 4.69) is 0 Å². The van der Waals surface area contributed by atoms with E-state index in [4.69, 9.17) is 4.42 Å². The van der Waals surface area contributed by atoms with Crippen LogP contribution in [0.4, 0.5) is 5.69 Å². The van der Waals surface area contributed by atoms with Crippen molar-refractivity contribution in [3.8, 4) is 17.1 Å². The summed E-state index contributed by atoms with van der Waals surface area (Å²) >= 11 is 0. The van der Waals surface area contributed by atoms with Gasteiger partial charge < -0.3 is 9.52 Å². The Balaban J connectivity index is 2.30. The number of rotatable bonds is 2. The molecule has 5 nitrogen and oxygen atoms in total. The van der Waals surface area contributed by atoms with E-state index in [0.717, 1.165) is 17.2 Å². The summed E-state index contributed by atoms with van der Waals surface area (Å²) in [6.07, 6.45) is 0. The van der Waals surface area contributed by atoms with Crippen LogP contribution in [0.15, 0.2) is 46.9 Å². The number of furan rings is 1. The van der Waals surface area contributed by atoms with Crippen LogP contribution in [0.5, 0.6) is 5.75 Å². The van der Waals surface area contributed by atoms with E-state index in [-0.39, 0.29) is 11.4 Å². The maximum atomic E-state index is 10.8. The highest BCUT2D eigenvalue weighted by Gasteiger charge is 2.19. The van der Waals surface area contributed by atoms with Crippen LogP contribution in [0, 0.1) is 17.0 Å². The molecule has 20 heavy (non-hydrogen) atoms. The molecular formula is C15H11NO4. The average molecular weight is 269 g/mol. The smallest absolute Gasteiger partial charge is 0.276 e. The van der Waals surface area contributed by atoms with Gasteiger partial charge in [-0.15, -0.1) is 0 Å². The molecule has 0 saturated carbocycles. The number of nitrogens with zero attached hydrogens (tertiary/aromatic N) is 1. The van der Waals surface area contributed by atoms with Crippen LogP contribution in [-0.4, -0.2) is 10.0 Å². The van der Waals surface area contributed by atoms with Gasteiger partial charge in [-0.1, -0.05) is 30.3 Å². The zero-order valence-corrected chi connectivity index (χ0v) is 10.7. The first kappa shape index (κ1) is 12.2. The molecule has 0 atom stereocenters. The first-order chi connectivity index (χ1) is 9.58. The predicted molar refractivity (Wildman–Crippen MR) is 74.7 cm³/mol. The molecule has 0 aliphatic rings. The van der Waals surface area contributed by atoms with E-state index >= 15 is 0 Å². The van der Waals surface area contributed by atoms with E-state index in [1.54, 1.807) is 0 Å². The topological polar surface area (TPSA) is 76.5 Å². The Labute approximate surface area is 114 Å². The minimum atomic E-state index is -0.556. The van der Waals surface area contributed by atoms with Crippen molar-refractivity contribution in [2.75, 3.05) is 0 Å². The molecule has 1 aromatic heterocycles. The van der Waals surface area contributed by atoms with Gasteiger partial charge in [0.2, 0.25) is 0 Å². The summed E-state index contributed by atoms with van der Waals surface area (Å²) in [5.74, 6) is 0.467. The summed E-state index contributed by atoms with van der Waals surface area (Å²) in [5.41, 5.74) is 1.75. The first-order valence-corrected chi connectivity index (χ1v) is 6.04. The summed E-state index contributed by atoms with van der Waals surface area (Å²) in [6, 6.07) is 11.9. The first-order valence-electron chi connectivity index (χ1n) is 6.04. The van der Waals surface area contributed by atoms with Gasteiger partial charge in [0.1, 0.15) is 17.1 Å². The lowest BCUT2D eigenvalue weighted by Crippen LogP contribution is -1.87. The maximum Gasteiger partial charge on any atom is 0.276 e. The molecule has 0 radical (unpaired) electrons. The second kappa shape index (κ2) is 4.38. The highest BCUT2D eigenvalue weighted by atomic mass is 16.6. The third-order valence-electron chi connectivity index (χ3n) is 3.24. The average Bonchev–Trinajstić information content (AvgIpc) is 2.77. The van der Waals surface area contributed by atoms with Gasteiger partial charge >= 0.3 is 0 Å². The third kappa shape index (κ3) is 1.80. The molecule has 0 amide bonds. The Morgan fingerprint density at radius 1 is 1.20 bits per heavy atom. The fourth-order valence-electron chi connectivity index (χ4n) is 2.31. The molecule has 5 heteroatoms. The van der Waals surface area contributed by atoms with Crippen LogP contribution < -0.4 is 0 Å². The zero-order chi connectivity index (χ0) is 14.3. The number of hydrogen-bond donors (Lipinski definition) is 1. The third-order valence-corrected chi connectivity index (χ3v) is 3.24. The van der Waals surface area contributed by atoms with E-state index in [9.17, 15) is 15.2 Å². The van der Waals surface area contributed by atoms with Gasteiger partial charge in [0, 0.05) is 11.1 Å². The molecule has 1 N–H and O–H groups in total. The Morgan fingerprint density at radius 3 is 2.55 bits per heavy atom. The summed E-state index contributed by atoms with van der Waals surface area (Å²) in [4.78, 5) is 10.3. The standard InChI is InChI=1S/C15H11NO4/c1-9-14-12(17)7-11(16(18)19)8-13(14)20-15(9)10-5-3-2-4-6-10/h2-8,17H,1H3. The molecule has 1 heterocycles. The van der Waals surface area contributed by atoms with Crippen LogP contribution >= 0.6 is 0 Å². The second-order valence-electron chi connectivity index (χ2n) is 4.52. The minimum absolute atomic E-state index is 0.141. The van der Waals surface area contributed by atoms with Gasteiger partial charge in [-0.2, -0.15) is 0 Å². The van der Waals surface area contributed by atoms with E-state index in [1.807, 2.05) is 37.3 Å². The summed E-state index contributed by atoms with van der Waals surface area (Å²) in [7, 11) is 0. The molecular weight excluding hydrogens is 258 g/mol. The molecule has 0 bridgehead atoms. The number of phenols is 1. The normalized spacial score (nSPS) is 10.8. The highest BCUT2D eigenvalue weighted by molar-refractivity contribution is 5.93. The van der Waals surface area contributed by atoms with Crippen molar-refractivity contribution in [2.45, 2.75) is 6.92 Å². The molecule has 100 valence electrons. The lowest BCUT2D eigenvalue weighted by atomic mass is 10.1. The fourth-order valence-corrected chi connectivity index (χ4v) is 2.31. The second-order valence-corrected chi connectivity index (χ2v) is 4.52. The molecule has 0 unspecified atom stereocenters. The van der Waals surface area contributed by atoms with Gasteiger partial charge in [0.25, 0.3) is 5.69 Å². The summed E-state index contributed by atoms with van der Waals surface area (Å²) in [6.45, 7) is 1.82. The van der Waals surface area contributed by atoms with Crippen LogP contribution in [0.3, 0.4) is 0 Å². The number of phenolic OH excluding ortho intramolecular Hbond substituents is 1. The number of nitro benzene ring substituents is 1. The quantitative estimate of drug-likeness (QED) is 0.563. The van der Waals surface area contributed by atoms with Gasteiger partial charge in [-0.3, -0.25) is 10.1 Å². The summed E-state index contributed by atoms with van der Waals surface area (Å²) in [5, 5.41) is 21.3. The molecule has 2 aromatic carbocycles. The number of fused-ring (bicyclic) bond motifs is 1. The Kier molecular flexibility index (Phi) is 2.68. The molecule has 0 fully saturated rings. The van der Waals surface area contributed by atoms with E-state index in [1.165, 1.54) is 6.07 Å². The number of hydrogen-bond acceptors (Lipinski definition) is 4. The maximum absolute atomic E-state index is 10.8. The van der Waals surface area contributed by atoms with E-state index < -0.39 is 4.92 Å². The van der Waals surface area contributed by atoms with Gasteiger partial charge in [-0.05, 0) is 6.92 Å². The molecule has 3 rings (SSSR count). The highest BCUT2D eigenvalue weighted by Crippen LogP contribution is 2.39. The van der Waals surface area contributed by atoms with Crippen molar-refractivity contribution < 1.29 is 14.4 Å². The Hall–Kier alpha value is -2.82. The molecule has 3 aromatic rings. The van der Waals surface area contributed by atoms with Crippen LogP contribution in [-0.2, 0) is 0 Å². The van der Waals surface area contributed by atoms with Gasteiger partial charge in [0.05, 0.1) is 22.4 Å². The molecule has 0 spiro atoms. The fraction of sp³-hybridized carbons (Fsp3) is 0.0667.